The highest BCUT2D eigenvalue weighted by Gasteiger charge is 2.10. The van der Waals surface area contributed by atoms with Crippen molar-refractivity contribution in [2.75, 3.05) is 11.1 Å². The maximum atomic E-state index is 6.19. The molecule has 3 N–H and O–H groups in total. The van der Waals surface area contributed by atoms with Crippen molar-refractivity contribution < 1.29 is 0 Å². The quantitative estimate of drug-likeness (QED) is 0.783. The van der Waals surface area contributed by atoms with Crippen LogP contribution in [0.3, 0.4) is 0 Å². The third-order valence-electron chi connectivity index (χ3n) is 2.80. The summed E-state index contributed by atoms with van der Waals surface area (Å²) in [5.41, 5.74) is 8.97. The SMILES string of the molecule is Cc1cc(Cl)c(Nc2ncc(N)c(C)c2Br)cc1Cl. The average Bonchev–Trinajstić information content (AvgIpc) is 2.36. The van der Waals surface area contributed by atoms with E-state index >= 15 is 0 Å². The molecule has 0 radical (unpaired) electrons. The molecule has 1 aromatic heterocycles. The first-order chi connectivity index (χ1) is 8.90. The van der Waals surface area contributed by atoms with Crippen molar-refractivity contribution >= 4 is 56.3 Å². The Morgan fingerprint density at radius 3 is 2.58 bits per heavy atom. The van der Waals surface area contributed by atoms with E-state index in [1.165, 1.54) is 0 Å². The van der Waals surface area contributed by atoms with Gasteiger partial charge in [0.15, 0.2) is 0 Å². The summed E-state index contributed by atoms with van der Waals surface area (Å²) in [5.74, 6) is 0.647. The molecule has 100 valence electrons. The summed E-state index contributed by atoms with van der Waals surface area (Å²) in [6.07, 6.45) is 1.60. The summed E-state index contributed by atoms with van der Waals surface area (Å²) in [5, 5.41) is 4.38. The molecule has 0 spiro atoms. The number of halogens is 3. The number of nitrogen functional groups attached to an aromatic ring is 1. The summed E-state index contributed by atoms with van der Waals surface area (Å²) in [7, 11) is 0. The molecule has 19 heavy (non-hydrogen) atoms. The Hall–Kier alpha value is -0.970. The fourth-order valence-corrected chi connectivity index (χ4v) is 2.41. The van der Waals surface area contributed by atoms with E-state index in [4.69, 9.17) is 28.9 Å². The summed E-state index contributed by atoms with van der Waals surface area (Å²) in [6.45, 7) is 3.82. The molecule has 0 saturated carbocycles. The van der Waals surface area contributed by atoms with Gasteiger partial charge in [-0.05, 0) is 53.0 Å². The van der Waals surface area contributed by atoms with Crippen molar-refractivity contribution in [2.45, 2.75) is 13.8 Å². The molecule has 0 unspecified atom stereocenters. The Labute approximate surface area is 130 Å². The smallest absolute Gasteiger partial charge is 0.145 e. The van der Waals surface area contributed by atoms with Crippen LogP contribution >= 0.6 is 39.1 Å². The minimum Gasteiger partial charge on any atom is -0.397 e. The molecule has 6 heteroatoms. The molecule has 0 saturated heterocycles. The van der Waals surface area contributed by atoms with Crippen LogP contribution in [0.2, 0.25) is 10.0 Å². The third-order valence-corrected chi connectivity index (χ3v) is 4.49. The lowest BCUT2D eigenvalue weighted by atomic mass is 10.2. The van der Waals surface area contributed by atoms with E-state index in [0.717, 1.165) is 15.6 Å². The number of nitrogens with one attached hydrogen (secondary N) is 1. The van der Waals surface area contributed by atoms with Gasteiger partial charge in [0.25, 0.3) is 0 Å². The topological polar surface area (TPSA) is 50.9 Å². The van der Waals surface area contributed by atoms with Gasteiger partial charge in [-0.3, -0.25) is 0 Å². The van der Waals surface area contributed by atoms with Crippen molar-refractivity contribution in [2.24, 2.45) is 0 Å². The van der Waals surface area contributed by atoms with Crippen molar-refractivity contribution in [3.8, 4) is 0 Å². The number of aryl methyl sites for hydroxylation is 1. The molecule has 0 aliphatic carbocycles. The van der Waals surface area contributed by atoms with Crippen LogP contribution in [-0.4, -0.2) is 4.98 Å². The molecule has 0 aliphatic rings. The minimum absolute atomic E-state index is 0.588. The van der Waals surface area contributed by atoms with Crippen LogP contribution in [0, 0.1) is 13.8 Å². The third kappa shape index (κ3) is 2.96. The summed E-state index contributed by atoms with van der Waals surface area (Å²) in [6, 6.07) is 3.59. The van der Waals surface area contributed by atoms with Gasteiger partial charge in [-0.15, -0.1) is 0 Å². The summed E-state index contributed by atoms with van der Waals surface area (Å²) < 4.78 is 0.806. The lowest BCUT2D eigenvalue weighted by Gasteiger charge is -2.13. The lowest BCUT2D eigenvalue weighted by Crippen LogP contribution is -2.00. The monoisotopic (exact) mass is 359 g/mol. The maximum absolute atomic E-state index is 6.19. The Bertz CT molecular complexity index is 644. The Kier molecular flexibility index (Phi) is 4.23. The number of pyridine rings is 1. The van der Waals surface area contributed by atoms with Gasteiger partial charge in [0.05, 0.1) is 27.1 Å². The highest BCUT2D eigenvalue weighted by Crippen LogP contribution is 2.34. The first kappa shape index (κ1) is 14.4. The first-order valence-electron chi connectivity index (χ1n) is 5.53. The Morgan fingerprint density at radius 2 is 1.89 bits per heavy atom. The Balaban J connectivity index is 2.42. The lowest BCUT2D eigenvalue weighted by molar-refractivity contribution is 1.25. The number of rotatable bonds is 2. The zero-order valence-electron chi connectivity index (χ0n) is 10.4. The molecule has 0 amide bonds. The van der Waals surface area contributed by atoms with Crippen molar-refractivity contribution in [1.82, 2.24) is 4.98 Å². The van der Waals surface area contributed by atoms with Crippen LogP contribution in [0.4, 0.5) is 17.2 Å². The second-order valence-electron chi connectivity index (χ2n) is 4.21. The predicted octanol–water partition coefficient (Wildman–Crippen LogP) is 5.09. The molecule has 1 heterocycles. The van der Waals surface area contributed by atoms with E-state index in [1.807, 2.05) is 19.9 Å². The van der Waals surface area contributed by atoms with Crippen LogP contribution < -0.4 is 11.1 Å². The zero-order valence-corrected chi connectivity index (χ0v) is 13.5. The number of nitrogens with zero attached hydrogens (tertiary/aromatic N) is 1. The van der Waals surface area contributed by atoms with E-state index < -0.39 is 0 Å². The molecule has 0 atom stereocenters. The van der Waals surface area contributed by atoms with Gasteiger partial charge in [0.2, 0.25) is 0 Å². The second kappa shape index (κ2) is 5.57. The molecular formula is C13H12BrCl2N3. The number of hydrogen-bond acceptors (Lipinski definition) is 3. The van der Waals surface area contributed by atoms with Crippen molar-refractivity contribution in [3.63, 3.8) is 0 Å². The highest BCUT2D eigenvalue weighted by molar-refractivity contribution is 9.10. The summed E-state index contributed by atoms with van der Waals surface area (Å²) in [4.78, 5) is 4.24. The number of benzene rings is 1. The molecule has 0 fully saturated rings. The number of anilines is 3. The fraction of sp³-hybridized carbons (Fsp3) is 0.154. The van der Waals surface area contributed by atoms with E-state index in [2.05, 4.69) is 26.2 Å². The first-order valence-corrected chi connectivity index (χ1v) is 7.08. The number of nitrogens with two attached hydrogens (primary N) is 1. The normalized spacial score (nSPS) is 10.6. The van der Waals surface area contributed by atoms with Crippen LogP contribution in [0.5, 0.6) is 0 Å². The molecule has 0 bridgehead atoms. The highest BCUT2D eigenvalue weighted by atomic mass is 79.9. The van der Waals surface area contributed by atoms with Gasteiger partial charge in [0, 0.05) is 5.02 Å². The van der Waals surface area contributed by atoms with Gasteiger partial charge in [-0.25, -0.2) is 4.98 Å². The van der Waals surface area contributed by atoms with Crippen molar-refractivity contribution in [1.29, 1.82) is 0 Å². The molecule has 0 aliphatic heterocycles. The molecule has 2 aromatic rings. The molecule has 2 rings (SSSR count). The van der Waals surface area contributed by atoms with Gasteiger partial charge in [0.1, 0.15) is 5.82 Å². The Morgan fingerprint density at radius 1 is 1.21 bits per heavy atom. The van der Waals surface area contributed by atoms with E-state index in [1.54, 1.807) is 12.3 Å². The van der Waals surface area contributed by atoms with E-state index in [0.29, 0.717) is 27.2 Å². The van der Waals surface area contributed by atoms with E-state index in [-0.39, 0.29) is 0 Å². The predicted molar refractivity (Wildman–Crippen MR) is 85.6 cm³/mol. The van der Waals surface area contributed by atoms with Crippen LogP contribution in [0.25, 0.3) is 0 Å². The second-order valence-corrected chi connectivity index (χ2v) is 5.81. The zero-order chi connectivity index (χ0) is 14.2. The van der Waals surface area contributed by atoms with E-state index in [9.17, 15) is 0 Å². The largest absolute Gasteiger partial charge is 0.397 e. The number of aromatic nitrogens is 1. The fourth-order valence-electron chi connectivity index (χ4n) is 1.55. The van der Waals surface area contributed by atoms with Crippen LogP contribution in [0.1, 0.15) is 11.1 Å². The minimum atomic E-state index is 0.588. The van der Waals surface area contributed by atoms with Crippen LogP contribution in [0.15, 0.2) is 22.8 Å². The molecular weight excluding hydrogens is 349 g/mol. The van der Waals surface area contributed by atoms with Crippen LogP contribution in [-0.2, 0) is 0 Å². The molecule has 1 aromatic carbocycles. The maximum Gasteiger partial charge on any atom is 0.145 e. The van der Waals surface area contributed by atoms with Crippen molar-refractivity contribution in [3.05, 3.63) is 44.0 Å². The van der Waals surface area contributed by atoms with Gasteiger partial charge in [-0.1, -0.05) is 23.2 Å². The average molecular weight is 361 g/mol. The van der Waals surface area contributed by atoms with Gasteiger partial charge in [-0.2, -0.15) is 0 Å². The van der Waals surface area contributed by atoms with Gasteiger partial charge < -0.3 is 11.1 Å². The summed E-state index contributed by atoms with van der Waals surface area (Å²) >= 11 is 15.7. The number of hydrogen-bond donors (Lipinski definition) is 2. The van der Waals surface area contributed by atoms with Gasteiger partial charge >= 0.3 is 0 Å². The standard InChI is InChI=1S/C13H12BrCl2N3/c1-6-3-9(16)11(4-8(6)15)19-13-12(14)7(2)10(17)5-18-13/h3-5H,17H2,1-2H3,(H,18,19). The molecule has 3 nitrogen and oxygen atoms in total.